The largest absolute Gasteiger partial charge is 0.317 e. The molecular weight excluding hydrogens is 179 g/mol. The molecule has 0 aromatic heterocycles. The molecule has 14 heavy (non-hydrogen) atoms. The quantitative estimate of drug-likeness (QED) is 0.578. The first kappa shape index (κ1) is 13.8. The van der Waals surface area contributed by atoms with Gasteiger partial charge in [-0.25, -0.2) is 0 Å². The fourth-order valence-electron chi connectivity index (χ4n) is 1.19. The number of hydrogen-bond donors (Lipinski definition) is 1. The van der Waals surface area contributed by atoms with Gasteiger partial charge in [-0.15, -0.1) is 0 Å². The van der Waals surface area contributed by atoms with E-state index < -0.39 is 0 Å². The van der Waals surface area contributed by atoms with Gasteiger partial charge in [-0.1, -0.05) is 0 Å². The van der Waals surface area contributed by atoms with Gasteiger partial charge < -0.3 is 10.2 Å². The molecule has 0 unspecified atom stereocenters. The molecule has 0 aromatic rings. The molecule has 3 heteroatoms. The molecule has 0 saturated heterocycles. The van der Waals surface area contributed by atoms with E-state index in [1.54, 1.807) is 0 Å². The minimum Gasteiger partial charge on any atom is -0.317 e. The van der Waals surface area contributed by atoms with E-state index in [9.17, 15) is 4.39 Å². The van der Waals surface area contributed by atoms with Crippen molar-refractivity contribution in [1.82, 2.24) is 10.2 Å². The predicted octanol–water partition coefficient (Wildman–Crippen LogP) is 2.06. The molecule has 0 rings (SSSR count). The second-order valence-electron chi connectivity index (χ2n) is 4.07. The van der Waals surface area contributed by atoms with Crippen molar-refractivity contribution in [3.63, 3.8) is 0 Å². The smallest absolute Gasteiger partial charge is 0.0906 e. The summed E-state index contributed by atoms with van der Waals surface area (Å²) in [6.45, 7) is 7.20. The maximum atomic E-state index is 11.7. The molecule has 86 valence electrons. The SMILES string of the molecule is CC(C)N(C)CCCCNCCCF. The number of rotatable bonds is 9. The van der Waals surface area contributed by atoms with Crippen LogP contribution in [0.1, 0.15) is 33.1 Å². The molecule has 0 spiro atoms. The van der Waals surface area contributed by atoms with Crippen LogP contribution in [-0.4, -0.2) is 44.3 Å². The maximum absolute atomic E-state index is 11.7. The summed E-state index contributed by atoms with van der Waals surface area (Å²) in [6, 6.07) is 0.634. The van der Waals surface area contributed by atoms with E-state index in [0.29, 0.717) is 12.5 Å². The highest BCUT2D eigenvalue weighted by Crippen LogP contribution is 1.97. The summed E-state index contributed by atoms with van der Waals surface area (Å²) in [6.07, 6.45) is 3.05. The Labute approximate surface area is 87.9 Å². The third-order valence-electron chi connectivity index (χ3n) is 2.48. The maximum Gasteiger partial charge on any atom is 0.0906 e. The van der Waals surface area contributed by atoms with Crippen LogP contribution in [0.25, 0.3) is 0 Å². The number of hydrogen-bond acceptors (Lipinski definition) is 2. The predicted molar refractivity (Wildman–Crippen MR) is 60.5 cm³/mol. The second-order valence-corrected chi connectivity index (χ2v) is 4.07. The van der Waals surface area contributed by atoms with Gasteiger partial charge >= 0.3 is 0 Å². The number of nitrogens with one attached hydrogen (secondary N) is 1. The van der Waals surface area contributed by atoms with Crippen LogP contribution in [0.4, 0.5) is 4.39 Å². The lowest BCUT2D eigenvalue weighted by atomic mass is 10.2. The molecule has 0 aromatic carbocycles. The van der Waals surface area contributed by atoms with Gasteiger partial charge in [-0.05, 0) is 59.8 Å². The minimum absolute atomic E-state index is 0.205. The summed E-state index contributed by atoms with van der Waals surface area (Å²) in [7, 11) is 2.15. The van der Waals surface area contributed by atoms with E-state index in [-0.39, 0.29) is 6.67 Å². The van der Waals surface area contributed by atoms with Gasteiger partial charge in [-0.2, -0.15) is 0 Å². The zero-order valence-electron chi connectivity index (χ0n) is 9.85. The molecule has 0 heterocycles. The molecule has 0 aliphatic carbocycles. The topological polar surface area (TPSA) is 15.3 Å². The van der Waals surface area contributed by atoms with Gasteiger partial charge in [0.2, 0.25) is 0 Å². The molecule has 1 N–H and O–H groups in total. The Morgan fingerprint density at radius 2 is 1.79 bits per heavy atom. The Morgan fingerprint density at radius 3 is 2.36 bits per heavy atom. The molecule has 0 saturated carbocycles. The Morgan fingerprint density at radius 1 is 1.14 bits per heavy atom. The van der Waals surface area contributed by atoms with Gasteiger partial charge in [0.15, 0.2) is 0 Å². The van der Waals surface area contributed by atoms with Crippen molar-refractivity contribution in [2.75, 3.05) is 33.4 Å². The average Bonchev–Trinajstić information content (AvgIpc) is 2.16. The lowest BCUT2D eigenvalue weighted by molar-refractivity contribution is 0.268. The summed E-state index contributed by atoms with van der Waals surface area (Å²) in [5, 5.41) is 3.23. The van der Waals surface area contributed by atoms with Gasteiger partial charge in [0, 0.05) is 6.04 Å². The Balaban J connectivity index is 3.06. The van der Waals surface area contributed by atoms with Gasteiger partial charge in [0.25, 0.3) is 0 Å². The Kier molecular flexibility index (Phi) is 9.31. The third kappa shape index (κ3) is 8.45. The van der Waals surface area contributed by atoms with Gasteiger partial charge in [0.1, 0.15) is 0 Å². The van der Waals surface area contributed by atoms with Crippen LogP contribution < -0.4 is 5.32 Å². The standard InChI is InChI=1S/C11H25FN2/c1-11(2)14(3)10-5-4-8-13-9-6-7-12/h11,13H,4-10H2,1-3H3. The monoisotopic (exact) mass is 204 g/mol. The molecule has 2 nitrogen and oxygen atoms in total. The van der Waals surface area contributed by atoms with Crippen LogP contribution in [0.5, 0.6) is 0 Å². The fourth-order valence-corrected chi connectivity index (χ4v) is 1.19. The lowest BCUT2D eigenvalue weighted by Crippen LogP contribution is -2.28. The van der Waals surface area contributed by atoms with E-state index in [1.807, 2.05) is 0 Å². The van der Waals surface area contributed by atoms with Crippen LogP contribution in [-0.2, 0) is 0 Å². The summed E-state index contributed by atoms with van der Waals surface area (Å²) in [5.41, 5.74) is 0. The zero-order chi connectivity index (χ0) is 10.8. The zero-order valence-corrected chi connectivity index (χ0v) is 9.85. The molecule has 0 radical (unpaired) electrons. The minimum atomic E-state index is -0.205. The van der Waals surface area contributed by atoms with E-state index >= 15 is 0 Å². The number of unbranched alkanes of at least 4 members (excludes halogenated alkanes) is 1. The highest BCUT2D eigenvalue weighted by Gasteiger charge is 2.01. The summed E-state index contributed by atoms with van der Waals surface area (Å²) in [4.78, 5) is 2.35. The average molecular weight is 204 g/mol. The highest BCUT2D eigenvalue weighted by molar-refractivity contribution is 4.57. The summed E-state index contributed by atoms with van der Waals surface area (Å²) < 4.78 is 11.7. The van der Waals surface area contributed by atoms with Crippen molar-refractivity contribution >= 4 is 0 Å². The summed E-state index contributed by atoms with van der Waals surface area (Å²) >= 11 is 0. The van der Waals surface area contributed by atoms with Crippen LogP contribution in [0, 0.1) is 0 Å². The molecule has 0 bridgehead atoms. The van der Waals surface area contributed by atoms with E-state index in [1.165, 1.54) is 12.8 Å². The highest BCUT2D eigenvalue weighted by atomic mass is 19.1. The Hall–Kier alpha value is -0.150. The first-order valence-electron chi connectivity index (χ1n) is 5.65. The lowest BCUT2D eigenvalue weighted by Gasteiger charge is -2.20. The van der Waals surface area contributed by atoms with E-state index in [2.05, 4.69) is 31.1 Å². The first-order valence-corrected chi connectivity index (χ1v) is 5.65. The van der Waals surface area contributed by atoms with Crippen molar-refractivity contribution in [3.05, 3.63) is 0 Å². The van der Waals surface area contributed by atoms with E-state index in [4.69, 9.17) is 0 Å². The van der Waals surface area contributed by atoms with Gasteiger partial charge in [-0.3, -0.25) is 4.39 Å². The van der Waals surface area contributed by atoms with E-state index in [0.717, 1.165) is 19.6 Å². The van der Waals surface area contributed by atoms with Gasteiger partial charge in [0.05, 0.1) is 6.67 Å². The number of nitrogens with zero attached hydrogens (tertiary/aromatic N) is 1. The second kappa shape index (κ2) is 9.41. The van der Waals surface area contributed by atoms with Crippen molar-refractivity contribution < 1.29 is 4.39 Å². The van der Waals surface area contributed by atoms with Crippen LogP contribution >= 0.6 is 0 Å². The molecule has 0 aliphatic rings. The molecule has 0 fully saturated rings. The first-order chi connectivity index (χ1) is 6.68. The summed E-state index contributed by atoms with van der Waals surface area (Å²) in [5.74, 6) is 0. The molecule has 0 aliphatic heterocycles. The van der Waals surface area contributed by atoms with Crippen molar-refractivity contribution in [3.8, 4) is 0 Å². The van der Waals surface area contributed by atoms with Crippen molar-refractivity contribution in [2.45, 2.75) is 39.2 Å². The molecule has 0 amide bonds. The number of halogens is 1. The third-order valence-corrected chi connectivity index (χ3v) is 2.48. The number of alkyl halides is 1. The van der Waals surface area contributed by atoms with Crippen LogP contribution in [0.15, 0.2) is 0 Å². The Bertz CT molecular complexity index is 118. The van der Waals surface area contributed by atoms with Crippen LogP contribution in [0.2, 0.25) is 0 Å². The molecule has 0 atom stereocenters. The normalized spacial score (nSPS) is 11.6. The van der Waals surface area contributed by atoms with Crippen molar-refractivity contribution in [1.29, 1.82) is 0 Å². The van der Waals surface area contributed by atoms with Crippen molar-refractivity contribution in [2.24, 2.45) is 0 Å². The fraction of sp³-hybridized carbons (Fsp3) is 1.00. The molecular formula is C11H25FN2. The van der Waals surface area contributed by atoms with Crippen LogP contribution in [0.3, 0.4) is 0 Å².